The summed E-state index contributed by atoms with van der Waals surface area (Å²) in [6.45, 7) is 6.46. The van der Waals surface area contributed by atoms with Crippen LogP contribution in [-0.4, -0.2) is 22.2 Å². The Morgan fingerprint density at radius 1 is 1.11 bits per heavy atom. The number of halogens is 1. The van der Waals surface area contributed by atoms with Crippen LogP contribution < -0.4 is 5.32 Å². The number of rotatable bonds is 7. The number of nitrogens with one attached hydrogen (secondary N) is 1. The van der Waals surface area contributed by atoms with Gasteiger partial charge in [-0.25, -0.2) is 9.07 Å². The largest absolute Gasteiger partial charge is 0.356 e. The van der Waals surface area contributed by atoms with Crippen molar-refractivity contribution in [3.63, 3.8) is 0 Å². The van der Waals surface area contributed by atoms with Gasteiger partial charge in [0.25, 0.3) is 0 Å². The van der Waals surface area contributed by atoms with Crippen LogP contribution in [0, 0.1) is 25.6 Å². The lowest BCUT2D eigenvalue weighted by Gasteiger charge is -2.13. The number of carbonyl (C=O) groups excluding carboxylic acids is 1. The van der Waals surface area contributed by atoms with E-state index in [9.17, 15) is 9.18 Å². The minimum Gasteiger partial charge on any atom is -0.356 e. The third kappa shape index (κ3) is 5.06. The second kappa shape index (κ2) is 8.83. The lowest BCUT2D eigenvalue weighted by atomic mass is 10.0. The van der Waals surface area contributed by atoms with Gasteiger partial charge in [-0.1, -0.05) is 31.2 Å². The van der Waals surface area contributed by atoms with Crippen LogP contribution in [0.2, 0.25) is 0 Å². The Hall–Kier alpha value is -2.95. The summed E-state index contributed by atoms with van der Waals surface area (Å²) in [5.74, 6) is -0.479. The molecule has 1 N–H and O–H groups in total. The highest BCUT2D eigenvalue weighted by Crippen LogP contribution is 2.14. The van der Waals surface area contributed by atoms with Crippen molar-refractivity contribution in [2.45, 2.75) is 33.6 Å². The van der Waals surface area contributed by atoms with Crippen molar-refractivity contribution in [2.24, 2.45) is 5.92 Å². The van der Waals surface area contributed by atoms with E-state index in [1.165, 1.54) is 12.1 Å². The standard InChI is InChI=1S/C23H26FN3O/c1-16(13-20-5-4-6-21(24)15-20)23(28)25-12-11-19-7-9-22(10-8-19)27-18(3)14-17(2)26-27/h4-10,14-16H,11-13H2,1-3H3,(H,25,28). The molecule has 0 saturated carbocycles. The normalized spacial score (nSPS) is 12.0. The molecule has 5 heteroatoms. The van der Waals surface area contributed by atoms with E-state index in [0.717, 1.165) is 34.6 Å². The Kier molecular flexibility index (Phi) is 6.24. The average Bonchev–Trinajstić information content (AvgIpc) is 3.00. The lowest BCUT2D eigenvalue weighted by molar-refractivity contribution is -0.124. The molecule has 1 amide bonds. The number of hydrogen-bond acceptors (Lipinski definition) is 2. The molecule has 1 aromatic heterocycles. The third-order valence-electron chi connectivity index (χ3n) is 4.78. The second-order valence-electron chi connectivity index (χ2n) is 7.28. The Morgan fingerprint density at radius 3 is 2.50 bits per heavy atom. The Bertz CT molecular complexity index is 947. The number of nitrogens with zero attached hydrogens (tertiary/aromatic N) is 2. The maximum absolute atomic E-state index is 13.3. The van der Waals surface area contributed by atoms with Gasteiger partial charge in [-0.05, 0) is 68.1 Å². The quantitative estimate of drug-likeness (QED) is 0.670. The fraction of sp³-hybridized carbons (Fsp3) is 0.304. The Labute approximate surface area is 165 Å². The Balaban J connectivity index is 1.49. The number of carbonyl (C=O) groups is 1. The molecule has 1 atom stereocenters. The molecule has 0 saturated heterocycles. The van der Waals surface area contributed by atoms with Crippen molar-refractivity contribution >= 4 is 5.91 Å². The van der Waals surface area contributed by atoms with Crippen molar-refractivity contribution in [2.75, 3.05) is 6.54 Å². The summed E-state index contributed by atoms with van der Waals surface area (Å²) < 4.78 is 15.2. The van der Waals surface area contributed by atoms with Crippen LogP contribution in [0.5, 0.6) is 0 Å². The maximum atomic E-state index is 13.3. The van der Waals surface area contributed by atoms with Crippen LogP contribution in [0.1, 0.15) is 29.4 Å². The zero-order valence-electron chi connectivity index (χ0n) is 16.6. The zero-order valence-corrected chi connectivity index (χ0v) is 16.6. The van der Waals surface area contributed by atoms with Gasteiger partial charge in [-0.3, -0.25) is 4.79 Å². The van der Waals surface area contributed by atoms with Crippen LogP contribution in [-0.2, 0) is 17.6 Å². The molecule has 3 aromatic rings. The van der Waals surface area contributed by atoms with Gasteiger partial charge in [0, 0.05) is 18.2 Å². The van der Waals surface area contributed by atoms with E-state index in [2.05, 4.69) is 28.6 Å². The first-order valence-electron chi connectivity index (χ1n) is 9.57. The summed E-state index contributed by atoms with van der Waals surface area (Å²) in [5.41, 5.74) is 5.12. The number of amides is 1. The van der Waals surface area contributed by atoms with Gasteiger partial charge in [-0.15, -0.1) is 0 Å². The maximum Gasteiger partial charge on any atom is 0.223 e. The van der Waals surface area contributed by atoms with E-state index in [1.54, 1.807) is 6.07 Å². The number of aromatic nitrogens is 2. The minimum atomic E-state index is -0.269. The number of aryl methyl sites for hydroxylation is 2. The van der Waals surface area contributed by atoms with Crippen molar-refractivity contribution in [3.05, 3.63) is 82.9 Å². The second-order valence-corrected chi connectivity index (χ2v) is 7.28. The van der Waals surface area contributed by atoms with Gasteiger partial charge in [0.15, 0.2) is 0 Å². The van der Waals surface area contributed by atoms with Gasteiger partial charge < -0.3 is 5.32 Å². The topological polar surface area (TPSA) is 46.9 Å². The average molecular weight is 379 g/mol. The molecular formula is C23H26FN3O. The van der Waals surface area contributed by atoms with E-state index < -0.39 is 0 Å². The molecule has 0 bridgehead atoms. The molecule has 0 radical (unpaired) electrons. The van der Waals surface area contributed by atoms with Gasteiger partial charge in [-0.2, -0.15) is 5.10 Å². The molecule has 4 nitrogen and oxygen atoms in total. The van der Waals surface area contributed by atoms with Gasteiger partial charge in [0.2, 0.25) is 5.91 Å². The first-order chi connectivity index (χ1) is 13.4. The monoisotopic (exact) mass is 379 g/mol. The van der Waals surface area contributed by atoms with Gasteiger partial charge in [0.05, 0.1) is 11.4 Å². The van der Waals surface area contributed by atoms with Crippen molar-refractivity contribution in [1.29, 1.82) is 0 Å². The highest BCUT2D eigenvalue weighted by atomic mass is 19.1. The summed E-state index contributed by atoms with van der Waals surface area (Å²) in [5, 5.41) is 7.47. The van der Waals surface area contributed by atoms with Crippen molar-refractivity contribution in [1.82, 2.24) is 15.1 Å². The van der Waals surface area contributed by atoms with Crippen LogP contribution in [0.4, 0.5) is 4.39 Å². The summed E-state index contributed by atoms with van der Waals surface area (Å²) in [6.07, 6.45) is 1.29. The van der Waals surface area contributed by atoms with Gasteiger partial charge >= 0.3 is 0 Å². The predicted octanol–water partition coefficient (Wildman–Crippen LogP) is 4.17. The Morgan fingerprint density at radius 2 is 1.86 bits per heavy atom. The molecule has 0 aliphatic rings. The summed E-state index contributed by atoms with van der Waals surface area (Å²) in [7, 11) is 0. The molecular weight excluding hydrogens is 353 g/mol. The number of hydrogen-bond donors (Lipinski definition) is 1. The summed E-state index contributed by atoms with van der Waals surface area (Å²) >= 11 is 0. The molecule has 1 heterocycles. The molecule has 0 aliphatic carbocycles. The fourth-order valence-corrected chi connectivity index (χ4v) is 3.31. The summed E-state index contributed by atoms with van der Waals surface area (Å²) in [6, 6.07) is 16.7. The molecule has 28 heavy (non-hydrogen) atoms. The van der Waals surface area contributed by atoms with Crippen molar-refractivity contribution in [3.8, 4) is 5.69 Å². The van der Waals surface area contributed by atoms with Gasteiger partial charge in [0.1, 0.15) is 5.82 Å². The molecule has 0 spiro atoms. The van der Waals surface area contributed by atoms with Crippen LogP contribution >= 0.6 is 0 Å². The molecule has 146 valence electrons. The van der Waals surface area contributed by atoms with Crippen LogP contribution in [0.3, 0.4) is 0 Å². The van der Waals surface area contributed by atoms with E-state index >= 15 is 0 Å². The van der Waals surface area contributed by atoms with E-state index in [0.29, 0.717) is 13.0 Å². The highest BCUT2D eigenvalue weighted by Gasteiger charge is 2.13. The smallest absolute Gasteiger partial charge is 0.223 e. The molecule has 3 rings (SSSR count). The third-order valence-corrected chi connectivity index (χ3v) is 4.78. The van der Waals surface area contributed by atoms with Crippen LogP contribution in [0.25, 0.3) is 5.69 Å². The predicted molar refractivity (Wildman–Crippen MR) is 109 cm³/mol. The molecule has 2 aromatic carbocycles. The fourth-order valence-electron chi connectivity index (χ4n) is 3.31. The zero-order chi connectivity index (χ0) is 20.1. The first-order valence-corrected chi connectivity index (χ1v) is 9.57. The molecule has 0 fully saturated rings. The molecule has 0 aliphatic heterocycles. The number of benzene rings is 2. The molecule has 1 unspecified atom stereocenters. The SMILES string of the molecule is Cc1cc(C)n(-c2ccc(CCNC(=O)C(C)Cc3cccc(F)c3)cc2)n1. The van der Waals surface area contributed by atoms with E-state index in [4.69, 9.17) is 0 Å². The van der Waals surface area contributed by atoms with E-state index in [-0.39, 0.29) is 17.6 Å². The van der Waals surface area contributed by atoms with Crippen LogP contribution in [0.15, 0.2) is 54.6 Å². The van der Waals surface area contributed by atoms with E-state index in [1.807, 2.05) is 43.7 Å². The minimum absolute atomic E-state index is 0.0106. The summed E-state index contributed by atoms with van der Waals surface area (Å²) in [4.78, 5) is 12.3. The first kappa shape index (κ1) is 19.8. The van der Waals surface area contributed by atoms with Crippen molar-refractivity contribution < 1.29 is 9.18 Å². The lowest BCUT2D eigenvalue weighted by Crippen LogP contribution is -2.31. The highest BCUT2D eigenvalue weighted by molar-refractivity contribution is 5.78.